The topological polar surface area (TPSA) is 45.0 Å². The predicted octanol–water partition coefficient (Wildman–Crippen LogP) is 2.42. The summed E-state index contributed by atoms with van der Waals surface area (Å²) in [5, 5.41) is 12.4. The number of nitrogens with zero attached hydrogens (tertiary/aromatic N) is 1. The summed E-state index contributed by atoms with van der Waals surface area (Å²) in [6, 6.07) is 12.0. The summed E-state index contributed by atoms with van der Waals surface area (Å²) < 4.78 is 5.41. The normalized spacial score (nSPS) is 22.1. The molecule has 0 spiro atoms. The molecule has 1 aliphatic heterocycles. The average molecular weight is 216 g/mol. The summed E-state index contributed by atoms with van der Waals surface area (Å²) in [5.74, 6) is 0.305. The molecule has 0 aromatic heterocycles. The van der Waals surface area contributed by atoms with Crippen molar-refractivity contribution in [2.75, 3.05) is 18.5 Å². The fourth-order valence-electron chi connectivity index (χ4n) is 2.00. The van der Waals surface area contributed by atoms with Crippen LogP contribution in [0.4, 0.5) is 5.69 Å². The van der Waals surface area contributed by atoms with Crippen LogP contribution in [0.3, 0.4) is 0 Å². The summed E-state index contributed by atoms with van der Waals surface area (Å²) in [7, 11) is 0. The van der Waals surface area contributed by atoms with Gasteiger partial charge in [-0.25, -0.2) is 0 Å². The van der Waals surface area contributed by atoms with Gasteiger partial charge in [0.2, 0.25) is 0 Å². The Morgan fingerprint density at radius 3 is 2.81 bits per heavy atom. The van der Waals surface area contributed by atoms with E-state index in [4.69, 9.17) is 4.74 Å². The van der Waals surface area contributed by atoms with Gasteiger partial charge in [0.25, 0.3) is 0 Å². The fourth-order valence-corrected chi connectivity index (χ4v) is 2.00. The molecule has 0 bridgehead atoms. The van der Waals surface area contributed by atoms with Gasteiger partial charge in [0, 0.05) is 18.2 Å². The van der Waals surface area contributed by atoms with E-state index in [0.717, 1.165) is 25.1 Å². The van der Waals surface area contributed by atoms with Gasteiger partial charge in [-0.2, -0.15) is 5.26 Å². The highest BCUT2D eigenvalue weighted by molar-refractivity contribution is 5.45. The number of rotatable bonds is 3. The van der Waals surface area contributed by atoms with Gasteiger partial charge < -0.3 is 10.1 Å². The van der Waals surface area contributed by atoms with Crippen LogP contribution < -0.4 is 5.32 Å². The van der Waals surface area contributed by atoms with Crippen molar-refractivity contribution in [2.45, 2.75) is 18.9 Å². The summed E-state index contributed by atoms with van der Waals surface area (Å²) in [4.78, 5) is 0. The van der Waals surface area contributed by atoms with E-state index in [1.807, 2.05) is 30.3 Å². The van der Waals surface area contributed by atoms with Crippen molar-refractivity contribution in [3.8, 4) is 6.07 Å². The van der Waals surface area contributed by atoms with Gasteiger partial charge in [-0.15, -0.1) is 0 Å². The number of ether oxygens (including phenoxy) is 1. The summed E-state index contributed by atoms with van der Waals surface area (Å²) in [6.07, 6.45) is 2.12. The maximum atomic E-state index is 9.17. The third kappa shape index (κ3) is 2.74. The molecule has 16 heavy (non-hydrogen) atoms. The number of nitriles is 1. The molecule has 2 rings (SSSR count). The SMILES string of the molecule is N#CC(Nc1ccccc1)C1CCCOC1. The molecule has 1 N–H and O–H groups in total. The van der Waals surface area contributed by atoms with Gasteiger partial charge in [-0.1, -0.05) is 18.2 Å². The highest BCUT2D eigenvalue weighted by atomic mass is 16.5. The summed E-state index contributed by atoms with van der Waals surface area (Å²) in [6.45, 7) is 1.53. The monoisotopic (exact) mass is 216 g/mol. The van der Waals surface area contributed by atoms with E-state index in [0.29, 0.717) is 12.5 Å². The van der Waals surface area contributed by atoms with E-state index in [-0.39, 0.29) is 6.04 Å². The highest BCUT2D eigenvalue weighted by Crippen LogP contribution is 2.20. The third-order valence-corrected chi connectivity index (χ3v) is 2.90. The number of hydrogen-bond donors (Lipinski definition) is 1. The largest absolute Gasteiger partial charge is 0.381 e. The second-order valence-corrected chi connectivity index (χ2v) is 4.09. The first kappa shape index (κ1) is 11.0. The molecule has 1 aromatic carbocycles. The Morgan fingerprint density at radius 2 is 2.19 bits per heavy atom. The Hall–Kier alpha value is -1.53. The molecule has 2 unspecified atom stereocenters. The standard InChI is InChI=1S/C13H16N2O/c14-9-13(11-5-4-8-16-10-11)15-12-6-2-1-3-7-12/h1-3,6-7,11,13,15H,4-5,8,10H2. The zero-order valence-electron chi connectivity index (χ0n) is 9.23. The van der Waals surface area contributed by atoms with Crippen LogP contribution in [0, 0.1) is 17.2 Å². The van der Waals surface area contributed by atoms with Crippen molar-refractivity contribution in [3.63, 3.8) is 0 Å². The molecule has 3 heteroatoms. The van der Waals surface area contributed by atoms with Gasteiger partial charge in [0.05, 0.1) is 12.7 Å². The van der Waals surface area contributed by atoms with E-state index in [9.17, 15) is 5.26 Å². The number of benzene rings is 1. The fraction of sp³-hybridized carbons (Fsp3) is 0.462. The summed E-state index contributed by atoms with van der Waals surface area (Å²) >= 11 is 0. The molecule has 0 aliphatic carbocycles. The molecule has 1 aliphatic rings. The van der Waals surface area contributed by atoms with Crippen LogP contribution in [0.15, 0.2) is 30.3 Å². The van der Waals surface area contributed by atoms with Gasteiger partial charge in [-0.05, 0) is 25.0 Å². The van der Waals surface area contributed by atoms with Gasteiger partial charge in [0.1, 0.15) is 6.04 Å². The van der Waals surface area contributed by atoms with Gasteiger partial charge in [0.15, 0.2) is 0 Å². The molecule has 84 valence electrons. The van der Waals surface area contributed by atoms with Crippen LogP contribution in [0.1, 0.15) is 12.8 Å². The lowest BCUT2D eigenvalue weighted by Gasteiger charge is -2.27. The molecule has 0 radical (unpaired) electrons. The molecule has 0 amide bonds. The van der Waals surface area contributed by atoms with Crippen molar-refractivity contribution in [1.29, 1.82) is 5.26 Å². The van der Waals surface area contributed by atoms with Crippen LogP contribution in [0.25, 0.3) is 0 Å². The van der Waals surface area contributed by atoms with Crippen molar-refractivity contribution in [1.82, 2.24) is 0 Å². The predicted molar refractivity (Wildman–Crippen MR) is 63.0 cm³/mol. The first-order valence-corrected chi connectivity index (χ1v) is 5.69. The Bertz CT molecular complexity index is 352. The Kier molecular flexibility index (Phi) is 3.79. The molecular formula is C13H16N2O. The number of nitrogens with one attached hydrogen (secondary N) is 1. The zero-order chi connectivity index (χ0) is 11.2. The van der Waals surface area contributed by atoms with Gasteiger partial charge >= 0.3 is 0 Å². The Morgan fingerprint density at radius 1 is 1.38 bits per heavy atom. The molecule has 2 atom stereocenters. The highest BCUT2D eigenvalue weighted by Gasteiger charge is 2.23. The number of hydrogen-bond acceptors (Lipinski definition) is 3. The average Bonchev–Trinajstić information content (AvgIpc) is 2.38. The number of para-hydroxylation sites is 1. The van der Waals surface area contributed by atoms with Crippen molar-refractivity contribution in [2.24, 2.45) is 5.92 Å². The smallest absolute Gasteiger partial charge is 0.119 e. The van der Waals surface area contributed by atoms with Crippen molar-refractivity contribution < 1.29 is 4.74 Å². The van der Waals surface area contributed by atoms with E-state index in [1.165, 1.54) is 0 Å². The lowest BCUT2D eigenvalue weighted by molar-refractivity contribution is 0.0532. The van der Waals surface area contributed by atoms with Crippen LogP contribution >= 0.6 is 0 Å². The molecule has 3 nitrogen and oxygen atoms in total. The lowest BCUT2D eigenvalue weighted by atomic mass is 9.94. The van der Waals surface area contributed by atoms with Crippen LogP contribution in [0.5, 0.6) is 0 Å². The molecule has 1 aromatic rings. The minimum atomic E-state index is -0.150. The van der Waals surface area contributed by atoms with Crippen LogP contribution in [0.2, 0.25) is 0 Å². The quantitative estimate of drug-likeness (QED) is 0.844. The molecule has 1 saturated heterocycles. The van der Waals surface area contributed by atoms with E-state index < -0.39 is 0 Å². The minimum Gasteiger partial charge on any atom is -0.381 e. The van der Waals surface area contributed by atoms with E-state index in [2.05, 4.69) is 11.4 Å². The Labute approximate surface area is 96.0 Å². The van der Waals surface area contributed by atoms with Crippen LogP contribution in [-0.4, -0.2) is 19.3 Å². The van der Waals surface area contributed by atoms with Gasteiger partial charge in [-0.3, -0.25) is 0 Å². The molecule has 1 fully saturated rings. The van der Waals surface area contributed by atoms with E-state index >= 15 is 0 Å². The summed E-state index contributed by atoms with van der Waals surface area (Å²) in [5.41, 5.74) is 1.000. The Balaban J connectivity index is 1.98. The molecule has 0 saturated carbocycles. The van der Waals surface area contributed by atoms with Crippen LogP contribution in [-0.2, 0) is 4.74 Å². The maximum Gasteiger partial charge on any atom is 0.119 e. The lowest BCUT2D eigenvalue weighted by Crippen LogP contribution is -2.33. The first-order valence-electron chi connectivity index (χ1n) is 5.69. The third-order valence-electron chi connectivity index (χ3n) is 2.90. The second-order valence-electron chi connectivity index (χ2n) is 4.09. The molecular weight excluding hydrogens is 200 g/mol. The first-order chi connectivity index (χ1) is 7.90. The second kappa shape index (κ2) is 5.53. The van der Waals surface area contributed by atoms with Crippen molar-refractivity contribution >= 4 is 5.69 Å². The maximum absolute atomic E-state index is 9.17. The zero-order valence-corrected chi connectivity index (χ0v) is 9.23. The molecule has 1 heterocycles. The van der Waals surface area contributed by atoms with Crippen molar-refractivity contribution in [3.05, 3.63) is 30.3 Å². The minimum absolute atomic E-state index is 0.150. The number of anilines is 1. The van der Waals surface area contributed by atoms with E-state index in [1.54, 1.807) is 0 Å².